The van der Waals surface area contributed by atoms with E-state index in [-0.39, 0.29) is 18.9 Å². The van der Waals surface area contributed by atoms with E-state index in [2.05, 4.69) is 16.7 Å². The van der Waals surface area contributed by atoms with Crippen LogP contribution in [-0.4, -0.2) is 66.0 Å². The molecular weight excluding hydrogens is 472 g/mol. The van der Waals surface area contributed by atoms with Crippen molar-refractivity contribution in [3.05, 3.63) is 59.7 Å². The molecule has 196 valence electrons. The van der Waals surface area contributed by atoms with Crippen molar-refractivity contribution >= 4 is 11.9 Å². The van der Waals surface area contributed by atoms with E-state index in [1.807, 2.05) is 48.4 Å². The van der Waals surface area contributed by atoms with Crippen molar-refractivity contribution in [1.82, 2.24) is 9.80 Å². The number of piperidine rings is 1. The van der Waals surface area contributed by atoms with Gasteiger partial charge in [-0.25, -0.2) is 4.79 Å². The molecule has 5 rings (SSSR count). The first-order chi connectivity index (χ1) is 18.0. The van der Waals surface area contributed by atoms with E-state index in [0.29, 0.717) is 29.8 Å². The number of hydrogen-bond acceptors (Lipinski definition) is 7. The number of fused-ring (bicyclic) bond motifs is 1. The summed E-state index contributed by atoms with van der Waals surface area (Å²) in [5.74, 6) is 2.13. The molecule has 0 bridgehead atoms. The van der Waals surface area contributed by atoms with Crippen LogP contribution in [0.5, 0.6) is 17.2 Å². The topological polar surface area (TPSA) is 88.5 Å². The molecule has 37 heavy (non-hydrogen) atoms. The Morgan fingerprint density at radius 2 is 1.89 bits per heavy atom. The molecule has 8 heteroatoms. The second-order valence-electron chi connectivity index (χ2n) is 9.99. The standard InChI is InChI=1S/C29H34N2O6/c1-3-21-6-4-5-14-30(21)26(13-15-32)31-17-23(20-9-12-24-25(16-20)37-18-36-24)27(29(33)34)28(31)19-7-10-22(35-2)11-8-19/h7-13,16,21,23,26-28H,3-6,14,17-18H2,1-2H3,(H,33,34). The summed E-state index contributed by atoms with van der Waals surface area (Å²) in [5, 5.41) is 10.6. The third-order valence-electron chi connectivity index (χ3n) is 8.15. The maximum Gasteiger partial charge on any atom is 0.309 e. The van der Waals surface area contributed by atoms with Crippen LogP contribution in [0.4, 0.5) is 0 Å². The molecule has 2 fully saturated rings. The predicted octanol–water partition coefficient (Wildman–Crippen LogP) is 4.24. The van der Waals surface area contributed by atoms with Crippen LogP contribution >= 0.6 is 0 Å². The van der Waals surface area contributed by atoms with Crippen LogP contribution in [0.25, 0.3) is 0 Å². The normalized spacial score (nSPS) is 26.4. The van der Waals surface area contributed by atoms with Crippen LogP contribution in [0, 0.1) is 5.92 Å². The lowest BCUT2D eigenvalue weighted by Crippen LogP contribution is -2.53. The highest BCUT2D eigenvalue weighted by atomic mass is 16.7. The molecule has 0 aromatic heterocycles. The lowest BCUT2D eigenvalue weighted by atomic mass is 9.82. The highest BCUT2D eigenvalue weighted by Crippen LogP contribution is 2.49. The number of likely N-dealkylation sites (tertiary alicyclic amines) is 2. The number of carbonyl (C=O) groups excluding carboxylic acids is 1. The highest BCUT2D eigenvalue weighted by Gasteiger charge is 2.51. The lowest BCUT2D eigenvalue weighted by Gasteiger charge is -2.45. The fourth-order valence-corrected chi connectivity index (χ4v) is 6.37. The third-order valence-corrected chi connectivity index (χ3v) is 8.15. The maximum atomic E-state index is 12.9. The number of carboxylic acid groups (broad SMARTS) is 1. The Hall–Kier alpha value is -3.32. The smallest absolute Gasteiger partial charge is 0.309 e. The number of ether oxygens (including phenoxy) is 3. The molecule has 3 heterocycles. The van der Waals surface area contributed by atoms with Gasteiger partial charge < -0.3 is 19.3 Å². The van der Waals surface area contributed by atoms with Gasteiger partial charge in [-0.15, -0.1) is 0 Å². The summed E-state index contributed by atoms with van der Waals surface area (Å²) in [6.45, 7) is 3.67. The molecule has 0 spiro atoms. The van der Waals surface area contributed by atoms with Crippen molar-refractivity contribution in [2.75, 3.05) is 27.0 Å². The molecule has 8 nitrogen and oxygen atoms in total. The molecule has 0 radical (unpaired) electrons. The Balaban J connectivity index is 1.60. The zero-order valence-electron chi connectivity index (χ0n) is 21.3. The number of hydrogen-bond donors (Lipinski definition) is 1. The number of aliphatic carboxylic acids is 1. The number of methoxy groups -OCH3 is 1. The second kappa shape index (κ2) is 11.0. The zero-order valence-corrected chi connectivity index (χ0v) is 21.3. The van der Waals surface area contributed by atoms with Gasteiger partial charge in [-0.1, -0.05) is 31.5 Å². The fourth-order valence-electron chi connectivity index (χ4n) is 6.37. The van der Waals surface area contributed by atoms with Crippen molar-refractivity contribution in [1.29, 1.82) is 0 Å². The third kappa shape index (κ3) is 4.85. The van der Waals surface area contributed by atoms with Gasteiger partial charge in [0.1, 0.15) is 11.7 Å². The average molecular weight is 507 g/mol. The number of carbonyl (C=O) groups is 1. The second-order valence-corrected chi connectivity index (χ2v) is 9.99. The minimum absolute atomic E-state index is 0.159. The van der Waals surface area contributed by atoms with E-state index in [9.17, 15) is 14.7 Å². The average Bonchev–Trinajstić information content (AvgIpc) is 3.56. The van der Waals surface area contributed by atoms with Gasteiger partial charge in [0.15, 0.2) is 11.5 Å². The van der Waals surface area contributed by atoms with Crippen molar-refractivity contribution in [3.63, 3.8) is 0 Å². The molecule has 0 saturated carbocycles. The summed E-state index contributed by atoms with van der Waals surface area (Å²) in [4.78, 5) is 29.3. The summed E-state index contributed by atoms with van der Waals surface area (Å²) in [7, 11) is 1.61. The van der Waals surface area contributed by atoms with Gasteiger partial charge in [0, 0.05) is 31.1 Å². The highest BCUT2D eigenvalue weighted by molar-refractivity contribution is 5.74. The van der Waals surface area contributed by atoms with Crippen LogP contribution in [0.15, 0.2) is 48.5 Å². The number of carboxylic acids is 1. The molecule has 2 aromatic carbocycles. The van der Waals surface area contributed by atoms with Crippen LogP contribution in [0.2, 0.25) is 0 Å². The SMILES string of the molecule is CCC1CCCCN1C(C=C=O)N1CC(c2ccc3c(c2)OCO3)C(C(=O)O)C1c1ccc(OC)cc1. The van der Waals surface area contributed by atoms with Crippen molar-refractivity contribution in [2.45, 2.75) is 56.8 Å². The summed E-state index contributed by atoms with van der Waals surface area (Å²) in [6.07, 6.45) is 5.47. The zero-order chi connectivity index (χ0) is 25.9. The summed E-state index contributed by atoms with van der Waals surface area (Å²) < 4.78 is 16.4. The molecule has 5 unspecified atom stereocenters. The molecule has 0 aliphatic carbocycles. The number of nitrogens with zero attached hydrogens (tertiary/aromatic N) is 2. The summed E-state index contributed by atoms with van der Waals surface area (Å²) in [5.41, 5.74) is 1.77. The predicted molar refractivity (Wildman–Crippen MR) is 138 cm³/mol. The monoisotopic (exact) mass is 506 g/mol. The quantitative estimate of drug-likeness (QED) is 0.532. The van der Waals surface area contributed by atoms with Gasteiger partial charge in [0.05, 0.1) is 25.2 Å². The van der Waals surface area contributed by atoms with Gasteiger partial charge in [-0.2, -0.15) is 0 Å². The van der Waals surface area contributed by atoms with Gasteiger partial charge in [-0.3, -0.25) is 14.6 Å². The van der Waals surface area contributed by atoms with E-state index in [1.54, 1.807) is 13.2 Å². The van der Waals surface area contributed by atoms with E-state index in [4.69, 9.17) is 14.2 Å². The van der Waals surface area contributed by atoms with Crippen LogP contribution in [0.3, 0.4) is 0 Å². The molecule has 2 saturated heterocycles. The largest absolute Gasteiger partial charge is 0.497 e. The van der Waals surface area contributed by atoms with E-state index >= 15 is 0 Å². The Morgan fingerprint density at radius 1 is 1.14 bits per heavy atom. The first-order valence-electron chi connectivity index (χ1n) is 13.0. The first kappa shape index (κ1) is 25.3. The van der Waals surface area contributed by atoms with E-state index < -0.39 is 17.9 Å². The van der Waals surface area contributed by atoms with Gasteiger partial charge in [-0.05, 0) is 54.7 Å². The fraction of sp³-hybridized carbons (Fsp3) is 0.483. The van der Waals surface area contributed by atoms with E-state index in [1.165, 1.54) is 0 Å². The Labute approximate surface area is 217 Å². The summed E-state index contributed by atoms with van der Waals surface area (Å²) >= 11 is 0. The first-order valence-corrected chi connectivity index (χ1v) is 13.0. The van der Waals surface area contributed by atoms with Crippen molar-refractivity contribution < 1.29 is 28.9 Å². The lowest BCUT2D eigenvalue weighted by molar-refractivity contribution is -0.143. The number of benzene rings is 2. The van der Waals surface area contributed by atoms with Gasteiger partial charge in [0.25, 0.3) is 0 Å². The molecule has 0 amide bonds. The molecular formula is C29H34N2O6. The van der Waals surface area contributed by atoms with Gasteiger partial charge in [0.2, 0.25) is 6.79 Å². The van der Waals surface area contributed by atoms with Gasteiger partial charge >= 0.3 is 5.97 Å². The van der Waals surface area contributed by atoms with Crippen molar-refractivity contribution in [3.8, 4) is 17.2 Å². The molecule has 3 aliphatic heterocycles. The molecule has 5 atom stereocenters. The number of rotatable bonds is 8. The van der Waals surface area contributed by atoms with Crippen molar-refractivity contribution in [2.24, 2.45) is 5.92 Å². The minimum Gasteiger partial charge on any atom is -0.497 e. The minimum atomic E-state index is -0.870. The van der Waals surface area contributed by atoms with Crippen LogP contribution < -0.4 is 14.2 Å². The molecule has 2 aromatic rings. The Bertz CT molecular complexity index is 1160. The molecule has 1 N–H and O–H groups in total. The Morgan fingerprint density at radius 3 is 2.59 bits per heavy atom. The molecule has 3 aliphatic rings. The summed E-state index contributed by atoms with van der Waals surface area (Å²) in [6, 6.07) is 13.2. The van der Waals surface area contributed by atoms with E-state index in [0.717, 1.165) is 43.4 Å². The maximum absolute atomic E-state index is 12.9. The van der Waals surface area contributed by atoms with Crippen LogP contribution in [-0.2, 0) is 9.59 Å². The Kier molecular flexibility index (Phi) is 7.51. The van der Waals surface area contributed by atoms with Crippen LogP contribution in [0.1, 0.15) is 55.7 Å².